The number of nitrogens with two attached hydrogens (primary N) is 1. The maximum absolute atomic E-state index is 14.3. The number of methoxy groups -OCH3 is 1. The molecule has 1 unspecified atom stereocenters. The molecule has 1 aliphatic rings. The molecule has 9 heteroatoms. The van der Waals surface area contributed by atoms with Crippen LogP contribution >= 0.6 is 0 Å². The fourth-order valence-corrected chi connectivity index (χ4v) is 2.57. The Kier molecular flexibility index (Phi) is 5.89. The second-order valence-electron chi connectivity index (χ2n) is 6.12. The quantitative estimate of drug-likeness (QED) is 0.564. The lowest BCUT2D eigenvalue weighted by Crippen LogP contribution is -2.33. The fraction of sp³-hybridized carbons (Fsp3) is 0.150. The van der Waals surface area contributed by atoms with Crippen molar-refractivity contribution in [3.8, 4) is 11.5 Å². The molecule has 2 amide bonds. The number of nitrogens with one attached hydrogen (secondary N) is 1. The Labute approximate surface area is 165 Å². The number of benzene rings is 2. The van der Waals surface area contributed by atoms with Crippen LogP contribution < -0.4 is 15.8 Å². The normalized spacial score (nSPS) is 15.6. The molecule has 3 rings (SSSR count). The maximum atomic E-state index is 14.3. The van der Waals surface area contributed by atoms with E-state index in [0.717, 1.165) is 11.6 Å². The van der Waals surface area contributed by atoms with Crippen LogP contribution in [-0.4, -0.2) is 31.1 Å². The van der Waals surface area contributed by atoms with Crippen LogP contribution in [0.2, 0.25) is 0 Å². The number of imide groups is 1. The van der Waals surface area contributed by atoms with Crippen LogP contribution in [0.4, 0.5) is 9.18 Å². The minimum atomic E-state index is -0.877. The molecular weight excluding hydrogens is 383 g/mol. The van der Waals surface area contributed by atoms with Gasteiger partial charge in [0.25, 0.3) is 5.91 Å². The summed E-state index contributed by atoms with van der Waals surface area (Å²) >= 11 is 0. The summed E-state index contributed by atoms with van der Waals surface area (Å²) in [6.07, 6.45) is 0.660. The second-order valence-corrected chi connectivity index (χ2v) is 6.12. The van der Waals surface area contributed by atoms with E-state index in [4.69, 9.17) is 10.5 Å². The molecule has 0 aliphatic carbocycles. The average Bonchev–Trinajstić information content (AvgIpc) is 3.01. The molecule has 1 fully saturated rings. The third kappa shape index (κ3) is 4.96. The highest BCUT2D eigenvalue weighted by Crippen LogP contribution is 2.26. The number of amides is 2. The third-order valence-corrected chi connectivity index (χ3v) is 4.01. The zero-order valence-corrected chi connectivity index (χ0v) is 15.3. The number of carbonyl (C=O) groups is 3. The van der Waals surface area contributed by atoms with E-state index in [1.54, 1.807) is 24.3 Å². The SMILES string of the molecule is COC(=O)C(N)Cc1ccc(Oc2ccc(C=C3OC(=O)NC3=O)cc2F)cc1. The summed E-state index contributed by atoms with van der Waals surface area (Å²) in [5.74, 6) is -1.73. The summed E-state index contributed by atoms with van der Waals surface area (Å²) in [5, 5.41) is 1.95. The van der Waals surface area contributed by atoms with Crippen molar-refractivity contribution in [2.75, 3.05) is 7.11 Å². The monoisotopic (exact) mass is 400 g/mol. The molecule has 1 atom stereocenters. The summed E-state index contributed by atoms with van der Waals surface area (Å²) in [5.41, 5.74) is 6.83. The molecule has 2 aromatic carbocycles. The number of hydrogen-bond donors (Lipinski definition) is 2. The van der Waals surface area contributed by atoms with Gasteiger partial charge in [0, 0.05) is 0 Å². The molecule has 2 aromatic rings. The maximum Gasteiger partial charge on any atom is 0.419 e. The minimum Gasteiger partial charge on any atom is -0.468 e. The molecule has 0 spiro atoms. The molecule has 0 bridgehead atoms. The lowest BCUT2D eigenvalue weighted by molar-refractivity contribution is -0.142. The van der Waals surface area contributed by atoms with Gasteiger partial charge in [0.2, 0.25) is 0 Å². The van der Waals surface area contributed by atoms with Crippen LogP contribution in [0.3, 0.4) is 0 Å². The van der Waals surface area contributed by atoms with Gasteiger partial charge in [-0.3, -0.25) is 14.9 Å². The van der Waals surface area contributed by atoms with Crippen LogP contribution in [0, 0.1) is 5.82 Å². The van der Waals surface area contributed by atoms with Crippen molar-refractivity contribution in [3.05, 3.63) is 65.2 Å². The van der Waals surface area contributed by atoms with E-state index in [1.807, 2.05) is 5.32 Å². The van der Waals surface area contributed by atoms with Crippen molar-refractivity contribution in [1.29, 1.82) is 0 Å². The van der Waals surface area contributed by atoms with Crippen molar-refractivity contribution in [2.45, 2.75) is 12.5 Å². The van der Waals surface area contributed by atoms with Gasteiger partial charge in [-0.2, -0.15) is 0 Å². The van der Waals surface area contributed by atoms with Gasteiger partial charge in [-0.15, -0.1) is 0 Å². The standard InChI is InChI=1S/C20H17FN2O6/c1-27-19(25)15(22)9-11-2-5-13(6-3-11)28-16-7-4-12(8-14(16)21)10-17-18(24)23-20(26)29-17/h2-8,10,15H,9,22H2,1H3,(H,23,24,26). The summed E-state index contributed by atoms with van der Waals surface area (Å²) in [7, 11) is 1.27. The Balaban J connectivity index is 1.67. The Morgan fingerprint density at radius 3 is 2.55 bits per heavy atom. The first-order valence-electron chi connectivity index (χ1n) is 8.50. The summed E-state index contributed by atoms with van der Waals surface area (Å²) in [4.78, 5) is 33.8. The number of halogens is 1. The van der Waals surface area contributed by atoms with Crippen molar-refractivity contribution in [1.82, 2.24) is 5.32 Å². The molecule has 8 nitrogen and oxygen atoms in total. The van der Waals surface area contributed by atoms with Gasteiger partial charge < -0.3 is 19.9 Å². The van der Waals surface area contributed by atoms with E-state index in [1.165, 1.54) is 25.3 Å². The molecule has 1 saturated heterocycles. The van der Waals surface area contributed by atoms with Gasteiger partial charge in [0.05, 0.1) is 7.11 Å². The van der Waals surface area contributed by atoms with E-state index in [2.05, 4.69) is 9.47 Å². The van der Waals surface area contributed by atoms with Gasteiger partial charge in [0.15, 0.2) is 17.3 Å². The van der Waals surface area contributed by atoms with Gasteiger partial charge in [0.1, 0.15) is 11.8 Å². The first-order chi connectivity index (χ1) is 13.9. The molecule has 0 saturated carbocycles. The van der Waals surface area contributed by atoms with E-state index in [0.29, 0.717) is 17.7 Å². The van der Waals surface area contributed by atoms with Crippen molar-refractivity contribution < 1.29 is 33.0 Å². The first kappa shape index (κ1) is 20.0. The molecule has 29 heavy (non-hydrogen) atoms. The third-order valence-electron chi connectivity index (χ3n) is 4.01. The van der Waals surface area contributed by atoms with Crippen LogP contribution in [0.1, 0.15) is 11.1 Å². The van der Waals surface area contributed by atoms with Crippen LogP contribution in [-0.2, 0) is 25.5 Å². The predicted octanol–water partition coefficient (Wildman–Crippen LogP) is 2.27. The lowest BCUT2D eigenvalue weighted by atomic mass is 10.1. The van der Waals surface area contributed by atoms with E-state index >= 15 is 0 Å². The molecule has 0 aromatic heterocycles. The van der Waals surface area contributed by atoms with Crippen molar-refractivity contribution in [2.24, 2.45) is 5.73 Å². The van der Waals surface area contributed by atoms with Gasteiger partial charge in [-0.1, -0.05) is 18.2 Å². The highest BCUT2D eigenvalue weighted by atomic mass is 19.1. The Morgan fingerprint density at radius 2 is 1.97 bits per heavy atom. The first-order valence-corrected chi connectivity index (χ1v) is 8.50. The van der Waals surface area contributed by atoms with Crippen molar-refractivity contribution >= 4 is 24.0 Å². The van der Waals surface area contributed by atoms with E-state index < -0.39 is 29.8 Å². The number of hydrogen-bond acceptors (Lipinski definition) is 7. The van der Waals surface area contributed by atoms with Gasteiger partial charge >= 0.3 is 12.1 Å². The molecule has 3 N–H and O–H groups in total. The number of rotatable bonds is 6. The predicted molar refractivity (Wildman–Crippen MR) is 99.2 cm³/mol. The van der Waals surface area contributed by atoms with Crippen LogP contribution in [0.15, 0.2) is 48.2 Å². The molecule has 1 aliphatic heterocycles. The number of carbonyl (C=O) groups excluding carboxylic acids is 3. The average molecular weight is 400 g/mol. The lowest BCUT2D eigenvalue weighted by Gasteiger charge is -2.11. The van der Waals surface area contributed by atoms with Crippen LogP contribution in [0.5, 0.6) is 11.5 Å². The smallest absolute Gasteiger partial charge is 0.419 e. The Bertz CT molecular complexity index is 987. The fourth-order valence-electron chi connectivity index (χ4n) is 2.57. The molecule has 1 heterocycles. The van der Waals surface area contributed by atoms with Crippen LogP contribution in [0.25, 0.3) is 6.08 Å². The largest absolute Gasteiger partial charge is 0.468 e. The molecule has 150 valence electrons. The van der Waals surface area contributed by atoms with E-state index in [9.17, 15) is 18.8 Å². The zero-order valence-electron chi connectivity index (χ0n) is 15.3. The van der Waals surface area contributed by atoms with Gasteiger partial charge in [-0.05, 0) is 47.9 Å². The number of alkyl carbamates (subject to hydrolysis) is 1. The summed E-state index contributed by atoms with van der Waals surface area (Å²) < 4.78 is 29.1. The van der Waals surface area contributed by atoms with Crippen molar-refractivity contribution in [3.63, 3.8) is 0 Å². The minimum absolute atomic E-state index is 0.0287. The second kappa shape index (κ2) is 8.53. The number of cyclic esters (lactones) is 1. The number of esters is 1. The number of ether oxygens (including phenoxy) is 3. The Hall–Kier alpha value is -3.72. The molecule has 0 radical (unpaired) electrons. The highest BCUT2D eigenvalue weighted by molar-refractivity contribution is 6.09. The molecular formula is C20H17FN2O6. The topological polar surface area (TPSA) is 117 Å². The van der Waals surface area contributed by atoms with E-state index in [-0.39, 0.29) is 11.5 Å². The summed E-state index contributed by atoms with van der Waals surface area (Å²) in [6, 6.07) is 9.93. The summed E-state index contributed by atoms with van der Waals surface area (Å²) in [6.45, 7) is 0. The van der Waals surface area contributed by atoms with Gasteiger partial charge in [-0.25, -0.2) is 9.18 Å². The zero-order chi connectivity index (χ0) is 21.0. The Morgan fingerprint density at radius 1 is 1.24 bits per heavy atom. The highest BCUT2D eigenvalue weighted by Gasteiger charge is 2.26.